The van der Waals surface area contributed by atoms with Crippen molar-refractivity contribution in [2.24, 2.45) is 10.6 Å². The molecule has 0 aromatic heterocycles. The first-order valence-corrected chi connectivity index (χ1v) is 10.9. The van der Waals surface area contributed by atoms with Crippen LogP contribution >= 0.6 is 0 Å². The van der Waals surface area contributed by atoms with E-state index < -0.39 is 11.9 Å². The summed E-state index contributed by atoms with van der Waals surface area (Å²) in [6, 6.07) is 9.44. The van der Waals surface area contributed by atoms with E-state index in [1.807, 2.05) is 58.9 Å². The van der Waals surface area contributed by atoms with E-state index in [9.17, 15) is 13.2 Å². The van der Waals surface area contributed by atoms with E-state index in [1.54, 1.807) is 0 Å². The molecule has 0 aliphatic carbocycles. The predicted molar refractivity (Wildman–Crippen MR) is 127 cm³/mol. The number of benzene rings is 2. The second kappa shape index (κ2) is 11.8. The molecule has 0 unspecified atom stereocenters. The molecule has 8 heteroatoms. The van der Waals surface area contributed by atoms with Crippen molar-refractivity contribution in [3.05, 3.63) is 65.2 Å². The van der Waals surface area contributed by atoms with Gasteiger partial charge in [-0.15, -0.1) is 0 Å². The van der Waals surface area contributed by atoms with E-state index in [0.717, 1.165) is 29.7 Å². The van der Waals surface area contributed by atoms with Crippen LogP contribution in [-0.2, 0) is 4.84 Å². The Hall–Kier alpha value is -3.16. The maximum Gasteiger partial charge on any atom is 0.437 e. The maximum absolute atomic E-state index is 13.1. The van der Waals surface area contributed by atoms with Crippen molar-refractivity contribution in [1.82, 2.24) is 0 Å². The summed E-state index contributed by atoms with van der Waals surface area (Å²) >= 11 is 0. The van der Waals surface area contributed by atoms with Gasteiger partial charge in [-0.2, -0.15) is 13.2 Å². The number of rotatable bonds is 11. The Balaban J connectivity index is 1.98. The van der Waals surface area contributed by atoms with Gasteiger partial charge in [-0.05, 0) is 68.3 Å². The molecule has 0 saturated carbocycles. The lowest BCUT2D eigenvalue weighted by atomic mass is 9.96. The Morgan fingerprint density at radius 1 is 0.912 bits per heavy atom. The summed E-state index contributed by atoms with van der Waals surface area (Å²) in [5.74, 6) is 2.04. The molecule has 34 heavy (non-hydrogen) atoms. The van der Waals surface area contributed by atoms with Gasteiger partial charge in [0.25, 0.3) is 0 Å². The van der Waals surface area contributed by atoms with Gasteiger partial charge in [-0.25, -0.2) is 0 Å². The van der Waals surface area contributed by atoms with Crippen LogP contribution in [-0.4, -0.2) is 38.8 Å². The molecule has 0 amide bonds. The highest BCUT2D eigenvalue weighted by atomic mass is 19.4. The van der Waals surface area contributed by atoms with E-state index in [4.69, 9.17) is 14.2 Å². The lowest BCUT2D eigenvalue weighted by Crippen LogP contribution is -2.29. The van der Waals surface area contributed by atoms with Crippen LogP contribution in [0.5, 0.6) is 17.2 Å². The van der Waals surface area contributed by atoms with Crippen LogP contribution in [0, 0.1) is 19.3 Å². The van der Waals surface area contributed by atoms with E-state index in [1.165, 1.54) is 24.3 Å². The molecule has 0 aliphatic heterocycles. The summed E-state index contributed by atoms with van der Waals surface area (Å²) in [6.07, 6.45) is -0.746. The zero-order valence-corrected chi connectivity index (χ0v) is 20.5. The molecular weight excluding hydrogens is 447 g/mol. The summed E-state index contributed by atoms with van der Waals surface area (Å²) in [5, 5.41) is 3.10. The first-order valence-electron chi connectivity index (χ1n) is 10.9. The molecular formula is C26H32F3NO4. The molecule has 0 fully saturated rings. The van der Waals surface area contributed by atoms with Crippen molar-refractivity contribution in [2.45, 2.75) is 40.8 Å². The van der Waals surface area contributed by atoms with Gasteiger partial charge in [-0.3, -0.25) is 0 Å². The molecule has 0 bridgehead atoms. The van der Waals surface area contributed by atoms with Gasteiger partial charge >= 0.3 is 6.18 Å². The van der Waals surface area contributed by atoms with Crippen LogP contribution < -0.4 is 14.2 Å². The molecule has 0 radical (unpaired) electrons. The fraction of sp³-hybridized carbons (Fsp3) is 0.423. The molecule has 0 saturated heterocycles. The van der Waals surface area contributed by atoms with E-state index in [0.29, 0.717) is 25.6 Å². The van der Waals surface area contributed by atoms with Crippen LogP contribution in [0.25, 0.3) is 0 Å². The van der Waals surface area contributed by atoms with Crippen molar-refractivity contribution >= 4 is 5.71 Å². The summed E-state index contributed by atoms with van der Waals surface area (Å²) in [6.45, 7) is 11.1. The van der Waals surface area contributed by atoms with Crippen molar-refractivity contribution in [3.63, 3.8) is 0 Å². The molecule has 0 aliphatic rings. The normalized spacial score (nSPS) is 12.7. The number of ether oxygens (including phenoxy) is 3. The first-order chi connectivity index (χ1) is 16.0. The Kier molecular flexibility index (Phi) is 9.41. The van der Waals surface area contributed by atoms with Crippen molar-refractivity contribution in [3.8, 4) is 17.2 Å². The number of allylic oxidation sites excluding steroid dienone is 1. The molecule has 0 heterocycles. The van der Waals surface area contributed by atoms with Crippen molar-refractivity contribution in [2.75, 3.05) is 26.9 Å². The van der Waals surface area contributed by atoms with E-state index in [2.05, 4.69) is 9.99 Å². The van der Waals surface area contributed by atoms with Gasteiger partial charge in [0.2, 0.25) is 0 Å². The summed E-state index contributed by atoms with van der Waals surface area (Å²) in [7, 11) is 1.07. The first kappa shape index (κ1) is 27.1. The minimum atomic E-state index is -4.62. The summed E-state index contributed by atoms with van der Waals surface area (Å²) in [5.41, 5.74) is 0.391. The van der Waals surface area contributed by atoms with E-state index >= 15 is 0 Å². The van der Waals surface area contributed by atoms with Gasteiger partial charge < -0.3 is 19.0 Å². The largest absolute Gasteiger partial charge is 0.493 e. The number of aryl methyl sites for hydroxylation is 2. The lowest BCUT2D eigenvalue weighted by Gasteiger charge is -2.26. The Bertz CT molecular complexity index is 973. The number of alkyl halides is 3. The highest BCUT2D eigenvalue weighted by Gasteiger charge is 2.37. The molecule has 0 N–H and O–H groups in total. The third-order valence-corrected chi connectivity index (χ3v) is 4.83. The van der Waals surface area contributed by atoms with Crippen molar-refractivity contribution in [1.29, 1.82) is 0 Å². The standard InChI is InChI=1S/C26H32F3NO4/c1-7-8-13-32-22-14-18(2)23(19(3)15-22)34-17-25(4,5)16-33-21-11-9-20(10-12-21)24(30-31-6)26(27,28)29/h7-12,14-15H,13,16-17H2,1-6H3/b8-7+,30-24-. The molecule has 0 atom stereocenters. The average molecular weight is 480 g/mol. The summed E-state index contributed by atoms with van der Waals surface area (Å²) in [4.78, 5) is 4.33. The van der Waals surface area contributed by atoms with Gasteiger partial charge in [0, 0.05) is 11.0 Å². The Morgan fingerprint density at radius 2 is 1.50 bits per heavy atom. The number of hydrogen-bond acceptors (Lipinski definition) is 5. The van der Waals surface area contributed by atoms with Crippen molar-refractivity contribution < 1.29 is 32.2 Å². The number of nitrogens with zero attached hydrogens (tertiary/aromatic N) is 1. The van der Waals surface area contributed by atoms with Gasteiger partial charge in [0.15, 0.2) is 5.71 Å². The minimum Gasteiger partial charge on any atom is -0.493 e. The van der Waals surface area contributed by atoms with Crippen LogP contribution in [0.1, 0.15) is 37.5 Å². The maximum atomic E-state index is 13.1. The monoisotopic (exact) mass is 479 g/mol. The Morgan fingerprint density at radius 3 is 2.03 bits per heavy atom. The second-order valence-electron chi connectivity index (χ2n) is 8.65. The molecule has 2 aromatic carbocycles. The van der Waals surface area contributed by atoms with Crippen LogP contribution in [0.4, 0.5) is 13.2 Å². The van der Waals surface area contributed by atoms with Crippen LogP contribution in [0.15, 0.2) is 53.7 Å². The fourth-order valence-corrected chi connectivity index (χ4v) is 3.12. The molecule has 186 valence electrons. The molecule has 0 spiro atoms. The highest BCUT2D eigenvalue weighted by Crippen LogP contribution is 2.31. The third-order valence-electron chi connectivity index (χ3n) is 4.83. The second-order valence-corrected chi connectivity index (χ2v) is 8.65. The van der Waals surface area contributed by atoms with E-state index in [-0.39, 0.29) is 11.0 Å². The SMILES string of the molecule is C/C=C/COc1cc(C)c(OCC(C)(C)COc2ccc(/C(=N/OC)C(F)(F)F)cc2)c(C)c1. The zero-order chi connectivity index (χ0) is 25.4. The molecule has 2 rings (SSSR count). The smallest absolute Gasteiger partial charge is 0.437 e. The lowest BCUT2D eigenvalue weighted by molar-refractivity contribution is -0.0608. The predicted octanol–water partition coefficient (Wildman–Crippen LogP) is 6.66. The van der Waals surface area contributed by atoms with Crippen LogP contribution in [0.2, 0.25) is 0 Å². The van der Waals surface area contributed by atoms with Gasteiger partial charge in [0.1, 0.15) is 31.0 Å². The number of halogens is 3. The van der Waals surface area contributed by atoms with Gasteiger partial charge in [-0.1, -0.05) is 31.2 Å². The third kappa shape index (κ3) is 8.01. The quantitative estimate of drug-likeness (QED) is 0.206. The minimum absolute atomic E-state index is 0.103. The zero-order valence-electron chi connectivity index (χ0n) is 20.5. The van der Waals surface area contributed by atoms with Crippen LogP contribution in [0.3, 0.4) is 0 Å². The molecule has 2 aromatic rings. The summed E-state index contributed by atoms with van der Waals surface area (Å²) < 4.78 is 57.0. The van der Waals surface area contributed by atoms with Gasteiger partial charge in [0.05, 0.1) is 13.2 Å². The topological polar surface area (TPSA) is 49.3 Å². The average Bonchev–Trinajstić information content (AvgIpc) is 2.75. The number of hydrogen-bond donors (Lipinski definition) is 0. The number of oxime groups is 1. The fourth-order valence-electron chi connectivity index (χ4n) is 3.12. The highest BCUT2D eigenvalue weighted by molar-refractivity contribution is 6.04. The molecule has 5 nitrogen and oxygen atoms in total. The Labute approximate surface area is 199 Å².